The van der Waals surface area contributed by atoms with Crippen molar-refractivity contribution in [2.45, 2.75) is 69.7 Å². The number of aryl methyl sites for hydroxylation is 1. The third-order valence-corrected chi connectivity index (χ3v) is 5.41. The van der Waals surface area contributed by atoms with Crippen LogP contribution in [0.15, 0.2) is 29.2 Å². The lowest BCUT2D eigenvalue weighted by Gasteiger charge is -2.27. The Bertz CT molecular complexity index is 576. The van der Waals surface area contributed by atoms with Crippen LogP contribution in [0.3, 0.4) is 0 Å². The van der Waals surface area contributed by atoms with Crippen molar-refractivity contribution in [1.29, 1.82) is 0 Å². The van der Waals surface area contributed by atoms with Gasteiger partial charge in [-0.1, -0.05) is 31.0 Å². The molecule has 0 aliphatic carbocycles. The van der Waals surface area contributed by atoms with Gasteiger partial charge in [0.2, 0.25) is 0 Å². The van der Waals surface area contributed by atoms with E-state index in [9.17, 15) is 8.42 Å². The highest BCUT2D eigenvalue weighted by molar-refractivity contribution is 7.86. The number of hydrogen-bond donors (Lipinski definition) is 0. The molecule has 5 nitrogen and oxygen atoms in total. The molecule has 6 heteroatoms. The molecule has 1 fully saturated rings. The van der Waals surface area contributed by atoms with Crippen molar-refractivity contribution in [3.63, 3.8) is 0 Å². The zero-order valence-corrected chi connectivity index (χ0v) is 15.4. The molecule has 2 rings (SSSR count). The van der Waals surface area contributed by atoms with E-state index in [4.69, 9.17) is 13.7 Å². The summed E-state index contributed by atoms with van der Waals surface area (Å²) in [7, 11) is -3.71. The summed E-state index contributed by atoms with van der Waals surface area (Å²) in [6.07, 6.45) is 5.28. The Hall–Kier alpha value is -0.950. The predicted octanol–water partition coefficient (Wildman–Crippen LogP) is 3.80. The van der Waals surface area contributed by atoms with E-state index >= 15 is 0 Å². The second-order valence-electron chi connectivity index (χ2n) is 6.22. The molecule has 136 valence electrons. The molecule has 2 atom stereocenters. The summed E-state index contributed by atoms with van der Waals surface area (Å²) in [5.74, 6) is 0. The molecule has 0 bridgehead atoms. The smallest absolute Gasteiger partial charge is 0.296 e. The Morgan fingerprint density at radius 3 is 2.58 bits per heavy atom. The molecule has 1 aliphatic heterocycles. The Morgan fingerprint density at radius 1 is 1.21 bits per heavy atom. The SMILES string of the molecule is CCCC(CCOS(=O)(=O)c1ccc(C)cc1)O[C@H]1CCCCO1. The largest absolute Gasteiger partial charge is 0.353 e. The third kappa shape index (κ3) is 6.16. The van der Waals surface area contributed by atoms with Gasteiger partial charge < -0.3 is 9.47 Å². The molecule has 0 N–H and O–H groups in total. The fraction of sp³-hybridized carbons (Fsp3) is 0.667. The minimum absolute atomic E-state index is 0.0358. The summed E-state index contributed by atoms with van der Waals surface area (Å²) in [6.45, 7) is 4.86. The summed E-state index contributed by atoms with van der Waals surface area (Å²) >= 11 is 0. The molecule has 0 saturated carbocycles. The van der Waals surface area contributed by atoms with Gasteiger partial charge in [-0.25, -0.2) is 0 Å². The van der Waals surface area contributed by atoms with Crippen LogP contribution in [-0.2, 0) is 23.8 Å². The van der Waals surface area contributed by atoms with Gasteiger partial charge in [0.05, 0.1) is 17.6 Å². The minimum Gasteiger partial charge on any atom is -0.353 e. The van der Waals surface area contributed by atoms with Crippen LogP contribution in [-0.4, -0.2) is 34.0 Å². The molecule has 0 amide bonds. The Labute approximate surface area is 145 Å². The maximum atomic E-state index is 12.2. The van der Waals surface area contributed by atoms with Crippen molar-refractivity contribution >= 4 is 10.1 Å². The lowest BCUT2D eigenvalue weighted by atomic mass is 10.1. The maximum absolute atomic E-state index is 12.2. The van der Waals surface area contributed by atoms with Gasteiger partial charge in [0.25, 0.3) is 10.1 Å². The number of ether oxygens (including phenoxy) is 2. The standard InChI is InChI=1S/C18H28O5S/c1-3-6-16(23-18-7-4-5-13-21-18)12-14-22-24(19,20)17-10-8-15(2)9-11-17/h8-11,16,18H,3-7,12-14H2,1-2H3/t16?,18-/m0/s1. The Kier molecular flexibility index (Phi) is 7.68. The highest BCUT2D eigenvalue weighted by Gasteiger charge is 2.21. The lowest BCUT2D eigenvalue weighted by molar-refractivity contribution is -0.191. The molecule has 0 spiro atoms. The van der Waals surface area contributed by atoms with Gasteiger partial charge in [0, 0.05) is 6.61 Å². The van der Waals surface area contributed by atoms with Crippen molar-refractivity contribution in [3.05, 3.63) is 29.8 Å². The van der Waals surface area contributed by atoms with E-state index < -0.39 is 10.1 Å². The van der Waals surface area contributed by atoms with Crippen molar-refractivity contribution in [1.82, 2.24) is 0 Å². The molecular formula is C18H28O5S. The molecule has 0 aromatic heterocycles. The van der Waals surface area contributed by atoms with Crippen LogP contribution in [0, 0.1) is 6.92 Å². The zero-order valence-electron chi connectivity index (χ0n) is 14.6. The van der Waals surface area contributed by atoms with E-state index in [2.05, 4.69) is 6.92 Å². The summed E-state index contributed by atoms with van der Waals surface area (Å²) in [5, 5.41) is 0. The first-order valence-electron chi connectivity index (χ1n) is 8.74. The van der Waals surface area contributed by atoms with Gasteiger partial charge in [-0.2, -0.15) is 8.42 Å². The molecule has 1 aromatic rings. The first kappa shape index (κ1) is 19.4. The quantitative estimate of drug-likeness (QED) is 0.630. The van der Waals surface area contributed by atoms with E-state index in [1.807, 2.05) is 6.92 Å². The van der Waals surface area contributed by atoms with Crippen molar-refractivity contribution in [2.24, 2.45) is 0 Å². The van der Waals surface area contributed by atoms with Crippen LogP contribution < -0.4 is 0 Å². The average molecular weight is 356 g/mol. The monoisotopic (exact) mass is 356 g/mol. The van der Waals surface area contributed by atoms with Gasteiger partial charge in [-0.15, -0.1) is 0 Å². The van der Waals surface area contributed by atoms with E-state index in [-0.39, 0.29) is 23.9 Å². The molecule has 1 aliphatic rings. The maximum Gasteiger partial charge on any atom is 0.296 e. The Balaban J connectivity index is 1.83. The number of rotatable bonds is 9. The van der Waals surface area contributed by atoms with E-state index in [1.54, 1.807) is 24.3 Å². The zero-order chi connectivity index (χ0) is 17.4. The van der Waals surface area contributed by atoms with Gasteiger partial charge in [0.1, 0.15) is 0 Å². The second-order valence-corrected chi connectivity index (χ2v) is 7.84. The average Bonchev–Trinajstić information content (AvgIpc) is 2.56. The van der Waals surface area contributed by atoms with Gasteiger partial charge in [0.15, 0.2) is 6.29 Å². The van der Waals surface area contributed by atoms with Crippen LogP contribution in [0.2, 0.25) is 0 Å². The Morgan fingerprint density at radius 2 is 1.96 bits per heavy atom. The van der Waals surface area contributed by atoms with Gasteiger partial charge in [-0.3, -0.25) is 4.18 Å². The molecule has 24 heavy (non-hydrogen) atoms. The highest BCUT2D eigenvalue weighted by atomic mass is 32.2. The fourth-order valence-corrected chi connectivity index (χ4v) is 3.62. The molecule has 1 unspecified atom stereocenters. The van der Waals surface area contributed by atoms with Crippen LogP contribution in [0.25, 0.3) is 0 Å². The molecule has 1 saturated heterocycles. The molecule has 1 aromatic carbocycles. The minimum atomic E-state index is -3.71. The fourth-order valence-electron chi connectivity index (χ4n) is 2.70. The lowest BCUT2D eigenvalue weighted by Crippen LogP contribution is -2.29. The van der Waals surface area contributed by atoms with Crippen molar-refractivity contribution < 1.29 is 22.1 Å². The van der Waals surface area contributed by atoms with Crippen molar-refractivity contribution in [3.8, 4) is 0 Å². The molecule has 1 heterocycles. The summed E-state index contributed by atoms with van der Waals surface area (Å²) in [6, 6.07) is 6.67. The topological polar surface area (TPSA) is 61.8 Å². The van der Waals surface area contributed by atoms with E-state index in [0.717, 1.165) is 44.3 Å². The van der Waals surface area contributed by atoms with E-state index in [1.165, 1.54) is 0 Å². The normalized spacial score (nSPS) is 20.0. The van der Waals surface area contributed by atoms with Crippen LogP contribution in [0.4, 0.5) is 0 Å². The molecule has 0 radical (unpaired) electrons. The van der Waals surface area contributed by atoms with E-state index in [0.29, 0.717) is 6.42 Å². The first-order chi connectivity index (χ1) is 11.5. The van der Waals surface area contributed by atoms with Crippen LogP contribution >= 0.6 is 0 Å². The van der Waals surface area contributed by atoms with Gasteiger partial charge in [-0.05, 0) is 51.2 Å². The van der Waals surface area contributed by atoms with Gasteiger partial charge >= 0.3 is 0 Å². The summed E-state index contributed by atoms with van der Waals surface area (Å²) in [4.78, 5) is 0.191. The number of hydrogen-bond acceptors (Lipinski definition) is 5. The second kappa shape index (κ2) is 9.51. The van der Waals surface area contributed by atoms with Crippen LogP contribution in [0.5, 0.6) is 0 Å². The summed E-state index contributed by atoms with van der Waals surface area (Å²) in [5.41, 5.74) is 1.01. The van der Waals surface area contributed by atoms with Crippen molar-refractivity contribution in [2.75, 3.05) is 13.2 Å². The predicted molar refractivity (Wildman–Crippen MR) is 92.3 cm³/mol. The first-order valence-corrected chi connectivity index (χ1v) is 10.2. The van der Waals surface area contributed by atoms with Crippen LogP contribution in [0.1, 0.15) is 51.0 Å². The molecular weight excluding hydrogens is 328 g/mol. The third-order valence-electron chi connectivity index (χ3n) is 4.08. The summed E-state index contributed by atoms with van der Waals surface area (Å²) < 4.78 is 41.1. The number of benzene rings is 1. The highest BCUT2D eigenvalue weighted by Crippen LogP contribution is 2.20.